The van der Waals surface area contributed by atoms with Gasteiger partial charge in [0, 0.05) is 45.5 Å². The van der Waals surface area contributed by atoms with E-state index < -0.39 is 0 Å². The van der Waals surface area contributed by atoms with Crippen molar-refractivity contribution in [3.05, 3.63) is 29.8 Å². The highest BCUT2D eigenvalue weighted by Gasteiger charge is 2.10. The Morgan fingerprint density at radius 3 is 2.74 bits per heavy atom. The second kappa shape index (κ2) is 14.0. The topological polar surface area (TPSA) is 84.0 Å². The van der Waals surface area contributed by atoms with E-state index in [0.29, 0.717) is 26.4 Å². The number of nitrogens with zero attached hydrogens (tertiary/aromatic N) is 1. The summed E-state index contributed by atoms with van der Waals surface area (Å²) in [6.45, 7) is 7.26. The van der Waals surface area contributed by atoms with Crippen molar-refractivity contribution in [3.63, 3.8) is 0 Å². The first-order valence-corrected chi connectivity index (χ1v) is 9.51. The summed E-state index contributed by atoms with van der Waals surface area (Å²) < 4.78 is 10.4. The summed E-state index contributed by atoms with van der Waals surface area (Å²) in [4.78, 5) is 16.2. The molecule has 152 valence electrons. The number of aliphatic imine (C=N–C) groups is 1. The molecule has 0 aliphatic carbocycles. The molecule has 0 spiro atoms. The summed E-state index contributed by atoms with van der Waals surface area (Å²) in [6.07, 6.45) is 1.72. The molecule has 7 nitrogen and oxygen atoms in total. The molecular formula is C20H34N4O3. The predicted octanol–water partition coefficient (Wildman–Crippen LogP) is 2.39. The summed E-state index contributed by atoms with van der Waals surface area (Å²) in [5, 5.41) is 9.50. The third kappa shape index (κ3) is 9.96. The minimum Gasteiger partial charge on any atom is -0.382 e. The number of nitrogens with one attached hydrogen (secondary N) is 3. The molecule has 1 rings (SSSR count). The maximum atomic E-state index is 12.0. The lowest BCUT2D eigenvalue weighted by atomic mass is 10.1. The molecule has 0 bridgehead atoms. The number of carbonyl (C=O) groups is 1. The Bertz CT molecular complexity index is 578. The Labute approximate surface area is 162 Å². The molecule has 1 aromatic carbocycles. The van der Waals surface area contributed by atoms with Gasteiger partial charge in [0.1, 0.15) is 0 Å². The molecule has 27 heavy (non-hydrogen) atoms. The van der Waals surface area contributed by atoms with E-state index in [4.69, 9.17) is 9.47 Å². The quantitative estimate of drug-likeness (QED) is 0.295. The Kier molecular flexibility index (Phi) is 11.9. The minimum absolute atomic E-state index is 0.00767. The van der Waals surface area contributed by atoms with Crippen LogP contribution < -0.4 is 16.0 Å². The molecule has 1 unspecified atom stereocenters. The number of methoxy groups -OCH3 is 1. The number of amides is 1. The molecule has 1 aromatic rings. The van der Waals surface area contributed by atoms with E-state index in [1.807, 2.05) is 38.1 Å². The lowest BCUT2D eigenvalue weighted by Gasteiger charge is -2.13. The van der Waals surface area contributed by atoms with E-state index in [1.54, 1.807) is 14.2 Å². The van der Waals surface area contributed by atoms with E-state index >= 15 is 0 Å². The fourth-order valence-electron chi connectivity index (χ4n) is 2.24. The molecule has 0 aromatic heterocycles. The Hall–Kier alpha value is -2.12. The molecule has 3 N–H and O–H groups in total. The summed E-state index contributed by atoms with van der Waals surface area (Å²) in [5.74, 6) is 0.794. The van der Waals surface area contributed by atoms with Gasteiger partial charge in [-0.05, 0) is 30.5 Å². The van der Waals surface area contributed by atoms with Gasteiger partial charge in [-0.2, -0.15) is 0 Å². The number of rotatable bonds is 12. The highest BCUT2D eigenvalue weighted by atomic mass is 16.5. The van der Waals surface area contributed by atoms with Crippen molar-refractivity contribution >= 4 is 17.6 Å². The van der Waals surface area contributed by atoms with Crippen LogP contribution in [0.15, 0.2) is 29.3 Å². The molecule has 0 aliphatic rings. The Morgan fingerprint density at radius 1 is 1.22 bits per heavy atom. The van der Waals surface area contributed by atoms with Gasteiger partial charge in [-0.15, -0.1) is 0 Å². The molecule has 1 atom stereocenters. The highest BCUT2D eigenvalue weighted by molar-refractivity contribution is 5.92. The monoisotopic (exact) mass is 378 g/mol. The molecule has 0 aliphatic heterocycles. The first-order chi connectivity index (χ1) is 13.1. The zero-order valence-corrected chi connectivity index (χ0v) is 17.0. The number of anilines is 1. The standard InChI is InChI=1S/C20H34N4O3/c1-5-16(2)19(25)24-18-9-6-8-17(14-18)15-23-20(21-3)22-10-7-11-27-13-12-26-4/h6,8-9,14,16H,5,7,10-13,15H2,1-4H3,(H,24,25)(H2,21,22,23). The second-order valence-electron chi connectivity index (χ2n) is 6.31. The summed E-state index contributed by atoms with van der Waals surface area (Å²) in [5.41, 5.74) is 1.89. The van der Waals surface area contributed by atoms with Crippen LogP contribution in [-0.2, 0) is 20.8 Å². The van der Waals surface area contributed by atoms with Crippen molar-refractivity contribution in [2.45, 2.75) is 33.2 Å². The van der Waals surface area contributed by atoms with Crippen LogP contribution in [0.25, 0.3) is 0 Å². The van der Waals surface area contributed by atoms with E-state index in [-0.39, 0.29) is 11.8 Å². The molecule has 7 heteroatoms. The molecule has 0 heterocycles. The summed E-state index contributed by atoms with van der Waals surface area (Å²) in [7, 11) is 3.41. The van der Waals surface area contributed by atoms with Gasteiger partial charge in [0.25, 0.3) is 0 Å². The smallest absolute Gasteiger partial charge is 0.227 e. The van der Waals surface area contributed by atoms with Gasteiger partial charge < -0.3 is 25.4 Å². The molecular weight excluding hydrogens is 344 g/mol. The largest absolute Gasteiger partial charge is 0.382 e. The van der Waals surface area contributed by atoms with Crippen LogP contribution in [0.5, 0.6) is 0 Å². The molecule has 0 fully saturated rings. The SMILES string of the molecule is CCC(C)C(=O)Nc1cccc(CNC(=NC)NCCCOCCOC)c1. The summed E-state index contributed by atoms with van der Waals surface area (Å²) >= 11 is 0. The van der Waals surface area contributed by atoms with Crippen LogP contribution in [0.4, 0.5) is 5.69 Å². The van der Waals surface area contributed by atoms with Crippen molar-refractivity contribution in [3.8, 4) is 0 Å². The van der Waals surface area contributed by atoms with Crippen molar-refractivity contribution in [2.75, 3.05) is 45.8 Å². The van der Waals surface area contributed by atoms with Crippen molar-refractivity contribution in [2.24, 2.45) is 10.9 Å². The average molecular weight is 379 g/mol. The minimum atomic E-state index is 0.00767. The second-order valence-corrected chi connectivity index (χ2v) is 6.31. The van der Waals surface area contributed by atoms with Crippen LogP contribution in [0, 0.1) is 5.92 Å². The van der Waals surface area contributed by atoms with Gasteiger partial charge in [-0.3, -0.25) is 9.79 Å². The molecule has 0 saturated heterocycles. The van der Waals surface area contributed by atoms with Gasteiger partial charge in [0.2, 0.25) is 5.91 Å². The van der Waals surface area contributed by atoms with Crippen LogP contribution in [0.1, 0.15) is 32.3 Å². The lowest BCUT2D eigenvalue weighted by molar-refractivity contribution is -0.119. The van der Waals surface area contributed by atoms with Crippen molar-refractivity contribution < 1.29 is 14.3 Å². The van der Waals surface area contributed by atoms with E-state index in [9.17, 15) is 4.79 Å². The number of ether oxygens (including phenoxy) is 2. The maximum absolute atomic E-state index is 12.0. The van der Waals surface area contributed by atoms with E-state index in [0.717, 1.165) is 36.6 Å². The third-order valence-corrected chi connectivity index (χ3v) is 4.13. The molecule has 1 amide bonds. The number of carbonyl (C=O) groups excluding carboxylic acids is 1. The van der Waals surface area contributed by atoms with Gasteiger partial charge in [-0.1, -0.05) is 26.0 Å². The highest BCUT2D eigenvalue weighted by Crippen LogP contribution is 2.13. The average Bonchev–Trinajstić information content (AvgIpc) is 2.69. The number of hydrogen-bond donors (Lipinski definition) is 3. The third-order valence-electron chi connectivity index (χ3n) is 4.13. The van der Waals surface area contributed by atoms with Gasteiger partial charge in [0.05, 0.1) is 13.2 Å². The number of benzene rings is 1. The molecule has 0 radical (unpaired) electrons. The van der Waals surface area contributed by atoms with Gasteiger partial charge in [0.15, 0.2) is 5.96 Å². The van der Waals surface area contributed by atoms with E-state index in [2.05, 4.69) is 20.9 Å². The van der Waals surface area contributed by atoms with Crippen molar-refractivity contribution in [1.29, 1.82) is 0 Å². The van der Waals surface area contributed by atoms with Crippen LogP contribution >= 0.6 is 0 Å². The molecule has 0 saturated carbocycles. The number of hydrogen-bond acceptors (Lipinski definition) is 4. The first-order valence-electron chi connectivity index (χ1n) is 9.51. The maximum Gasteiger partial charge on any atom is 0.227 e. The van der Waals surface area contributed by atoms with Gasteiger partial charge >= 0.3 is 0 Å². The lowest BCUT2D eigenvalue weighted by Crippen LogP contribution is -2.37. The van der Waals surface area contributed by atoms with Crippen molar-refractivity contribution in [1.82, 2.24) is 10.6 Å². The Morgan fingerprint density at radius 2 is 2.04 bits per heavy atom. The van der Waals surface area contributed by atoms with Crippen LogP contribution in [-0.4, -0.2) is 52.4 Å². The fraction of sp³-hybridized carbons (Fsp3) is 0.600. The zero-order chi connectivity index (χ0) is 19.9. The number of guanidine groups is 1. The van der Waals surface area contributed by atoms with Crippen LogP contribution in [0.2, 0.25) is 0 Å². The fourth-order valence-corrected chi connectivity index (χ4v) is 2.24. The zero-order valence-electron chi connectivity index (χ0n) is 17.0. The Balaban J connectivity index is 2.36. The first kappa shape index (κ1) is 22.9. The van der Waals surface area contributed by atoms with Crippen LogP contribution in [0.3, 0.4) is 0 Å². The van der Waals surface area contributed by atoms with E-state index in [1.165, 1.54) is 0 Å². The predicted molar refractivity (Wildman–Crippen MR) is 110 cm³/mol. The van der Waals surface area contributed by atoms with Gasteiger partial charge in [-0.25, -0.2) is 0 Å². The normalized spacial score (nSPS) is 12.5. The summed E-state index contributed by atoms with van der Waals surface area (Å²) in [6, 6.07) is 7.84.